The van der Waals surface area contributed by atoms with Crippen molar-refractivity contribution in [2.24, 2.45) is 0 Å². The van der Waals surface area contributed by atoms with Crippen LogP contribution in [0.25, 0.3) is 11.6 Å². The standard InChI is InChI=1S/C17H16FN3O2S/c1-2-9-21-16(15-4-3-10-23-15)19-20-17(21)24-12-11-22-14-7-5-13(18)6-8-14/h2-8,10H,1,9,11-12H2. The number of rotatable bonds is 8. The lowest BCUT2D eigenvalue weighted by atomic mass is 10.3. The fourth-order valence-corrected chi connectivity index (χ4v) is 2.87. The third-order valence-corrected chi connectivity index (χ3v) is 4.10. The van der Waals surface area contributed by atoms with E-state index in [9.17, 15) is 4.39 Å². The SMILES string of the molecule is C=CCn1c(SCCOc2ccc(F)cc2)nnc1-c1ccco1. The molecule has 3 aromatic rings. The van der Waals surface area contributed by atoms with Crippen LogP contribution in [0.3, 0.4) is 0 Å². The predicted octanol–water partition coefficient (Wildman–Crippen LogP) is 4.03. The van der Waals surface area contributed by atoms with Gasteiger partial charge in [-0.05, 0) is 36.4 Å². The number of thioether (sulfide) groups is 1. The highest BCUT2D eigenvalue weighted by molar-refractivity contribution is 7.99. The summed E-state index contributed by atoms with van der Waals surface area (Å²) >= 11 is 1.53. The molecule has 0 atom stereocenters. The highest BCUT2D eigenvalue weighted by Gasteiger charge is 2.15. The number of halogens is 1. The van der Waals surface area contributed by atoms with E-state index in [1.807, 2.05) is 16.7 Å². The third kappa shape index (κ3) is 3.86. The van der Waals surface area contributed by atoms with E-state index >= 15 is 0 Å². The van der Waals surface area contributed by atoms with Crippen molar-refractivity contribution in [3.63, 3.8) is 0 Å². The zero-order chi connectivity index (χ0) is 16.8. The molecule has 0 saturated carbocycles. The van der Waals surface area contributed by atoms with E-state index < -0.39 is 0 Å². The van der Waals surface area contributed by atoms with Crippen molar-refractivity contribution < 1.29 is 13.5 Å². The Morgan fingerprint density at radius 1 is 1.25 bits per heavy atom. The van der Waals surface area contributed by atoms with Gasteiger partial charge in [-0.3, -0.25) is 4.57 Å². The second-order valence-electron chi connectivity index (χ2n) is 4.83. The van der Waals surface area contributed by atoms with Crippen LogP contribution in [0.15, 0.2) is 64.9 Å². The van der Waals surface area contributed by atoms with Crippen molar-refractivity contribution in [2.45, 2.75) is 11.7 Å². The highest BCUT2D eigenvalue weighted by Crippen LogP contribution is 2.24. The monoisotopic (exact) mass is 345 g/mol. The van der Waals surface area contributed by atoms with Gasteiger partial charge in [0.2, 0.25) is 5.82 Å². The zero-order valence-electron chi connectivity index (χ0n) is 12.9. The third-order valence-electron chi connectivity index (χ3n) is 3.17. The van der Waals surface area contributed by atoms with Crippen molar-refractivity contribution in [1.29, 1.82) is 0 Å². The van der Waals surface area contributed by atoms with Crippen LogP contribution in [-0.4, -0.2) is 27.1 Å². The maximum Gasteiger partial charge on any atom is 0.200 e. The van der Waals surface area contributed by atoms with Gasteiger partial charge in [-0.25, -0.2) is 4.39 Å². The van der Waals surface area contributed by atoms with Crippen LogP contribution in [0, 0.1) is 5.82 Å². The molecule has 2 heterocycles. The minimum Gasteiger partial charge on any atom is -0.493 e. The minimum absolute atomic E-state index is 0.278. The summed E-state index contributed by atoms with van der Waals surface area (Å²) in [6.45, 7) is 4.84. The van der Waals surface area contributed by atoms with Gasteiger partial charge in [-0.15, -0.1) is 16.8 Å². The molecule has 0 aliphatic heterocycles. The smallest absolute Gasteiger partial charge is 0.200 e. The minimum atomic E-state index is -0.278. The van der Waals surface area contributed by atoms with Crippen molar-refractivity contribution >= 4 is 11.8 Å². The van der Waals surface area contributed by atoms with Crippen molar-refractivity contribution in [2.75, 3.05) is 12.4 Å². The number of hydrogen-bond acceptors (Lipinski definition) is 5. The van der Waals surface area contributed by atoms with Crippen LogP contribution in [-0.2, 0) is 6.54 Å². The maximum absolute atomic E-state index is 12.8. The van der Waals surface area contributed by atoms with Crippen LogP contribution in [0.2, 0.25) is 0 Å². The Morgan fingerprint density at radius 2 is 2.08 bits per heavy atom. The molecule has 0 aliphatic carbocycles. The van der Waals surface area contributed by atoms with Crippen LogP contribution >= 0.6 is 11.8 Å². The largest absolute Gasteiger partial charge is 0.493 e. The summed E-state index contributed by atoms with van der Waals surface area (Å²) in [5, 5.41) is 9.17. The average Bonchev–Trinajstić information content (AvgIpc) is 3.24. The van der Waals surface area contributed by atoms with Gasteiger partial charge in [0, 0.05) is 12.3 Å². The van der Waals surface area contributed by atoms with Gasteiger partial charge >= 0.3 is 0 Å². The Labute approximate surface area is 143 Å². The van der Waals surface area contributed by atoms with Crippen molar-refractivity contribution in [3.8, 4) is 17.3 Å². The molecular weight excluding hydrogens is 329 g/mol. The first-order valence-electron chi connectivity index (χ1n) is 7.37. The van der Waals surface area contributed by atoms with E-state index in [2.05, 4.69) is 16.8 Å². The predicted molar refractivity (Wildman–Crippen MR) is 90.5 cm³/mol. The number of ether oxygens (including phenoxy) is 1. The van der Waals surface area contributed by atoms with E-state index in [1.54, 1.807) is 24.5 Å². The molecule has 2 aromatic heterocycles. The summed E-state index contributed by atoms with van der Waals surface area (Å²) < 4.78 is 25.7. The summed E-state index contributed by atoms with van der Waals surface area (Å²) in [7, 11) is 0. The molecule has 3 rings (SSSR count). The molecule has 0 aliphatic rings. The van der Waals surface area contributed by atoms with Crippen LogP contribution in [0.4, 0.5) is 4.39 Å². The van der Waals surface area contributed by atoms with Gasteiger partial charge < -0.3 is 9.15 Å². The summed E-state index contributed by atoms with van der Waals surface area (Å²) in [5.74, 6) is 2.38. The Kier molecular flexibility index (Phi) is 5.32. The number of nitrogens with zero attached hydrogens (tertiary/aromatic N) is 3. The number of benzene rings is 1. The van der Waals surface area contributed by atoms with Gasteiger partial charge in [-0.2, -0.15) is 0 Å². The van der Waals surface area contributed by atoms with Crippen LogP contribution in [0.1, 0.15) is 0 Å². The fraction of sp³-hybridized carbons (Fsp3) is 0.176. The lowest BCUT2D eigenvalue weighted by Gasteiger charge is -2.07. The molecule has 0 spiro atoms. The normalized spacial score (nSPS) is 10.7. The van der Waals surface area contributed by atoms with Crippen molar-refractivity contribution in [3.05, 3.63) is 61.1 Å². The second kappa shape index (κ2) is 7.83. The molecule has 0 amide bonds. The Balaban J connectivity index is 1.60. The summed E-state index contributed by atoms with van der Waals surface area (Å²) in [5.41, 5.74) is 0. The molecular formula is C17H16FN3O2S. The summed E-state index contributed by atoms with van der Waals surface area (Å²) in [4.78, 5) is 0. The Hall–Kier alpha value is -2.54. The summed E-state index contributed by atoms with van der Waals surface area (Å²) in [6, 6.07) is 9.61. The molecule has 5 nitrogen and oxygen atoms in total. The molecule has 0 unspecified atom stereocenters. The quantitative estimate of drug-likeness (QED) is 0.350. The van der Waals surface area contributed by atoms with E-state index in [-0.39, 0.29) is 5.82 Å². The maximum atomic E-state index is 12.8. The molecule has 24 heavy (non-hydrogen) atoms. The molecule has 124 valence electrons. The Morgan fingerprint density at radius 3 is 2.79 bits per heavy atom. The number of furan rings is 1. The number of hydrogen-bond donors (Lipinski definition) is 0. The topological polar surface area (TPSA) is 53.1 Å². The average molecular weight is 345 g/mol. The Bertz CT molecular complexity index is 785. The number of allylic oxidation sites excluding steroid dienone is 1. The van der Waals surface area contributed by atoms with Gasteiger partial charge in [0.1, 0.15) is 11.6 Å². The molecule has 7 heteroatoms. The lowest BCUT2D eigenvalue weighted by Crippen LogP contribution is -2.04. The van der Waals surface area contributed by atoms with Crippen LogP contribution < -0.4 is 4.74 Å². The van der Waals surface area contributed by atoms with Gasteiger partial charge in [0.15, 0.2) is 10.9 Å². The molecule has 0 radical (unpaired) electrons. The second-order valence-corrected chi connectivity index (χ2v) is 5.90. The molecule has 0 N–H and O–H groups in total. The van der Waals surface area contributed by atoms with Gasteiger partial charge in [-0.1, -0.05) is 17.8 Å². The zero-order valence-corrected chi connectivity index (χ0v) is 13.7. The molecule has 0 fully saturated rings. The first kappa shape index (κ1) is 16.3. The lowest BCUT2D eigenvalue weighted by molar-refractivity contribution is 0.343. The van der Waals surface area contributed by atoms with Crippen LogP contribution in [0.5, 0.6) is 5.75 Å². The van der Waals surface area contributed by atoms with E-state index in [4.69, 9.17) is 9.15 Å². The first-order valence-corrected chi connectivity index (χ1v) is 8.35. The fourth-order valence-electron chi connectivity index (χ4n) is 2.10. The highest BCUT2D eigenvalue weighted by atomic mass is 32.2. The molecule has 1 aromatic carbocycles. The van der Waals surface area contributed by atoms with E-state index in [0.717, 1.165) is 5.16 Å². The number of aromatic nitrogens is 3. The van der Waals surface area contributed by atoms with Crippen molar-refractivity contribution in [1.82, 2.24) is 14.8 Å². The van der Waals surface area contributed by atoms with E-state index in [0.29, 0.717) is 36.2 Å². The van der Waals surface area contributed by atoms with E-state index in [1.165, 1.54) is 23.9 Å². The molecule has 0 bridgehead atoms. The van der Waals surface area contributed by atoms with Gasteiger partial charge in [0.05, 0.1) is 12.9 Å². The molecule has 0 saturated heterocycles. The first-order chi connectivity index (χ1) is 11.8. The van der Waals surface area contributed by atoms with Gasteiger partial charge in [0.25, 0.3) is 0 Å². The summed E-state index contributed by atoms with van der Waals surface area (Å²) in [6.07, 6.45) is 3.39.